The highest BCUT2D eigenvalue weighted by atomic mass is 35.5. The Morgan fingerprint density at radius 1 is 1.44 bits per heavy atom. The third-order valence-electron chi connectivity index (χ3n) is 3.14. The maximum Gasteiger partial charge on any atom is 0.312 e. The number of ether oxygens (including phenoxy) is 1. The fourth-order valence-corrected chi connectivity index (χ4v) is 2.45. The fourth-order valence-electron chi connectivity index (χ4n) is 2.26. The van der Waals surface area contributed by atoms with Gasteiger partial charge in [-0.15, -0.1) is 0 Å². The second-order valence-corrected chi connectivity index (χ2v) is 5.34. The van der Waals surface area contributed by atoms with Gasteiger partial charge < -0.3 is 9.84 Å². The molecule has 0 amide bonds. The van der Waals surface area contributed by atoms with Gasteiger partial charge in [0, 0.05) is 5.02 Å². The zero-order valence-electron chi connectivity index (χ0n) is 11.1. The summed E-state index contributed by atoms with van der Waals surface area (Å²) in [6.07, 6.45) is 0. The lowest BCUT2D eigenvalue weighted by Crippen LogP contribution is -2.41. The van der Waals surface area contributed by atoms with Gasteiger partial charge in [0.2, 0.25) is 0 Å². The minimum Gasteiger partial charge on any atom is -0.469 e. The smallest absolute Gasteiger partial charge is 0.312 e. The van der Waals surface area contributed by atoms with Gasteiger partial charge in [-0.1, -0.05) is 37.6 Å². The molecule has 0 aliphatic heterocycles. The van der Waals surface area contributed by atoms with Crippen LogP contribution in [0.15, 0.2) is 24.3 Å². The lowest BCUT2D eigenvalue weighted by Gasteiger charge is -2.34. The zero-order chi connectivity index (χ0) is 13.9. The molecule has 0 heterocycles. The normalized spacial score (nSPS) is 16.2. The number of carbonyl (C=O) groups excluding carboxylic acids is 1. The van der Waals surface area contributed by atoms with E-state index in [1.807, 2.05) is 13.8 Å². The highest BCUT2D eigenvalue weighted by Gasteiger charge is 2.41. The number of aliphatic hydroxyl groups is 1. The highest BCUT2D eigenvalue weighted by molar-refractivity contribution is 6.30. The van der Waals surface area contributed by atoms with Gasteiger partial charge in [-0.2, -0.15) is 0 Å². The molecule has 0 radical (unpaired) electrons. The van der Waals surface area contributed by atoms with Crippen molar-refractivity contribution in [3.05, 3.63) is 34.9 Å². The van der Waals surface area contributed by atoms with Gasteiger partial charge in [-0.05, 0) is 30.5 Å². The zero-order valence-corrected chi connectivity index (χ0v) is 11.9. The maximum absolute atomic E-state index is 11.8. The van der Waals surface area contributed by atoms with Crippen LogP contribution in [0.1, 0.15) is 26.3 Å². The van der Waals surface area contributed by atoms with Crippen LogP contribution in [0.25, 0.3) is 0 Å². The molecule has 18 heavy (non-hydrogen) atoms. The lowest BCUT2D eigenvalue weighted by atomic mass is 9.76. The van der Waals surface area contributed by atoms with Crippen molar-refractivity contribution >= 4 is 17.6 Å². The van der Waals surface area contributed by atoms with Crippen LogP contribution in [0.3, 0.4) is 0 Å². The first-order valence-electron chi connectivity index (χ1n) is 5.87. The van der Waals surface area contributed by atoms with Gasteiger partial charge in [0.1, 0.15) is 5.60 Å². The second-order valence-electron chi connectivity index (χ2n) is 4.90. The Hall–Kier alpha value is -1.06. The summed E-state index contributed by atoms with van der Waals surface area (Å²) in [6.45, 7) is 5.36. The first-order valence-corrected chi connectivity index (χ1v) is 6.24. The number of benzene rings is 1. The molecule has 1 aromatic rings. The van der Waals surface area contributed by atoms with Crippen LogP contribution in [-0.2, 0) is 15.1 Å². The van der Waals surface area contributed by atoms with E-state index in [0.717, 1.165) is 0 Å². The second kappa shape index (κ2) is 5.72. The summed E-state index contributed by atoms with van der Waals surface area (Å²) < 4.78 is 4.78. The average Bonchev–Trinajstić information content (AvgIpc) is 2.28. The number of carbonyl (C=O) groups is 1. The first kappa shape index (κ1) is 15.0. The van der Waals surface area contributed by atoms with Crippen LogP contribution in [0.2, 0.25) is 5.02 Å². The van der Waals surface area contributed by atoms with E-state index in [9.17, 15) is 9.90 Å². The standard InChI is InChI=1S/C14H19ClO3/c1-9(2)12(13(16)18-4)14(3,17)10-6-5-7-11(15)8-10/h5-9,12,17H,1-4H3. The summed E-state index contributed by atoms with van der Waals surface area (Å²) >= 11 is 5.92. The molecule has 0 saturated heterocycles. The summed E-state index contributed by atoms with van der Waals surface area (Å²) in [4.78, 5) is 11.8. The Bertz CT molecular complexity index is 427. The molecule has 0 aliphatic carbocycles. The summed E-state index contributed by atoms with van der Waals surface area (Å²) in [5.74, 6) is -1.11. The van der Waals surface area contributed by atoms with E-state index in [2.05, 4.69) is 0 Å². The molecule has 0 fully saturated rings. The van der Waals surface area contributed by atoms with Crippen molar-refractivity contribution in [2.45, 2.75) is 26.4 Å². The SMILES string of the molecule is COC(=O)C(C(C)C)C(C)(O)c1cccc(Cl)c1. The first-order chi connectivity index (χ1) is 8.30. The Labute approximate surface area is 113 Å². The number of hydrogen-bond acceptors (Lipinski definition) is 3. The monoisotopic (exact) mass is 270 g/mol. The van der Waals surface area contributed by atoms with Crippen LogP contribution in [0.4, 0.5) is 0 Å². The Balaban J connectivity index is 3.20. The summed E-state index contributed by atoms with van der Waals surface area (Å²) in [5, 5.41) is 11.2. The minimum atomic E-state index is -1.31. The lowest BCUT2D eigenvalue weighted by molar-refractivity contribution is -0.159. The van der Waals surface area contributed by atoms with E-state index in [-0.39, 0.29) is 5.92 Å². The molecule has 0 saturated carbocycles. The van der Waals surface area contributed by atoms with Crippen molar-refractivity contribution in [3.8, 4) is 0 Å². The van der Waals surface area contributed by atoms with Crippen LogP contribution in [0.5, 0.6) is 0 Å². The Morgan fingerprint density at radius 2 is 2.06 bits per heavy atom. The molecule has 0 bridgehead atoms. The predicted octanol–water partition coefficient (Wildman–Crippen LogP) is 2.99. The number of rotatable bonds is 4. The van der Waals surface area contributed by atoms with Crippen molar-refractivity contribution in [3.63, 3.8) is 0 Å². The van der Waals surface area contributed by atoms with Crippen LogP contribution in [0, 0.1) is 11.8 Å². The third-order valence-corrected chi connectivity index (χ3v) is 3.37. The molecular formula is C14H19ClO3. The van der Waals surface area contributed by atoms with Gasteiger partial charge in [0.25, 0.3) is 0 Å². The van der Waals surface area contributed by atoms with E-state index in [1.165, 1.54) is 7.11 Å². The van der Waals surface area contributed by atoms with E-state index in [1.54, 1.807) is 31.2 Å². The van der Waals surface area contributed by atoms with Gasteiger partial charge in [0.15, 0.2) is 0 Å². The predicted molar refractivity (Wildman–Crippen MR) is 71.4 cm³/mol. The molecule has 0 aliphatic rings. The average molecular weight is 271 g/mol. The molecule has 3 nitrogen and oxygen atoms in total. The Morgan fingerprint density at radius 3 is 2.50 bits per heavy atom. The van der Waals surface area contributed by atoms with Gasteiger partial charge >= 0.3 is 5.97 Å². The van der Waals surface area contributed by atoms with Crippen molar-refractivity contribution in [1.29, 1.82) is 0 Å². The van der Waals surface area contributed by atoms with E-state index < -0.39 is 17.5 Å². The molecule has 0 spiro atoms. The summed E-state index contributed by atoms with van der Waals surface area (Å²) in [6, 6.07) is 6.90. The quantitative estimate of drug-likeness (QED) is 0.856. The van der Waals surface area contributed by atoms with E-state index in [0.29, 0.717) is 10.6 Å². The minimum absolute atomic E-state index is 0.0496. The molecular weight excluding hydrogens is 252 g/mol. The summed E-state index contributed by atoms with van der Waals surface area (Å²) in [7, 11) is 1.33. The molecule has 2 unspecified atom stereocenters. The number of methoxy groups -OCH3 is 1. The van der Waals surface area contributed by atoms with Crippen LogP contribution < -0.4 is 0 Å². The van der Waals surface area contributed by atoms with Gasteiger partial charge in [-0.25, -0.2) is 0 Å². The molecule has 4 heteroatoms. The summed E-state index contributed by atoms with van der Waals surface area (Å²) in [5.41, 5.74) is -0.703. The van der Waals surface area contributed by atoms with E-state index >= 15 is 0 Å². The van der Waals surface area contributed by atoms with Crippen LogP contribution in [-0.4, -0.2) is 18.2 Å². The van der Waals surface area contributed by atoms with Crippen molar-refractivity contribution in [1.82, 2.24) is 0 Å². The molecule has 100 valence electrons. The van der Waals surface area contributed by atoms with Gasteiger partial charge in [-0.3, -0.25) is 4.79 Å². The molecule has 2 atom stereocenters. The number of esters is 1. The van der Waals surface area contributed by atoms with Crippen molar-refractivity contribution in [2.24, 2.45) is 11.8 Å². The third kappa shape index (κ3) is 3.03. The van der Waals surface area contributed by atoms with Crippen LogP contribution >= 0.6 is 11.6 Å². The molecule has 1 aromatic carbocycles. The largest absolute Gasteiger partial charge is 0.469 e. The fraction of sp³-hybridized carbons (Fsp3) is 0.500. The Kier molecular flexibility index (Phi) is 4.77. The number of hydrogen-bond donors (Lipinski definition) is 1. The maximum atomic E-state index is 11.8. The van der Waals surface area contributed by atoms with Gasteiger partial charge in [0.05, 0.1) is 13.0 Å². The van der Waals surface area contributed by atoms with Crippen molar-refractivity contribution in [2.75, 3.05) is 7.11 Å². The highest BCUT2D eigenvalue weighted by Crippen LogP contribution is 2.35. The number of halogens is 1. The molecule has 0 aromatic heterocycles. The molecule has 1 N–H and O–H groups in total. The topological polar surface area (TPSA) is 46.5 Å². The van der Waals surface area contributed by atoms with E-state index in [4.69, 9.17) is 16.3 Å². The van der Waals surface area contributed by atoms with Crippen molar-refractivity contribution < 1.29 is 14.6 Å². The molecule has 1 rings (SSSR count).